The molecule has 18 heavy (non-hydrogen) atoms. The molecule has 1 aromatic rings. The second-order valence-electron chi connectivity index (χ2n) is 4.28. The minimum absolute atomic E-state index is 0.186. The molecule has 0 bridgehead atoms. The molecular formula is C14H21ClN2O. The first-order chi connectivity index (χ1) is 8.67. The molecule has 0 aliphatic rings. The van der Waals surface area contributed by atoms with Crippen LogP contribution in [0.4, 0.5) is 0 Å². The smallest absolute Gasteiger partial charge is 0.222 e. The predicted octanol–water partition coefficient (Wildman–Crippen LogP) is 2.82. The average Bonchev–Trinajstić information content (AvgIpc) is 2.36. The molecule has 1 aromatic carbocycles. The minimum Gasteiger partial charge on any atom is -0.339 e. The molecule has 0 heterocycles. The molecule has 100 valence electrons. The van der Waals surface area contributed by atoms with Gasteiger partial charge in [0, 0.05) is 24.5 Å². The van der Waals surface area contributed by atoms with Crippen LogP contribution in [0, 0.1) is 0 Å². The Bertz CT molecular complexity index is 382. The maximum Gasteiger partial charge on any atom is 0.222 e. The van der Waals surface area contributed by atoms with Gasteiger partial charge in [0.2, 0.25) is 5.91 Å². The van der Waals surface area contributed by atoms with E-state index in [-0.39, 0.29) is 5.91 Å². The number of hydrogen-bond acceptors (Lipinski definition) is 2. The molecule has 0 aliphatic heterocycles. The zero-order chi connectivity index (χ0) is 13.4. The largest absolute Gasteiger partial charge is 0.339 e. The monoisotopic (exact) mass is 268 g/mol. The molecule has 0 aromatic heterocycles. The van der Waals surface area contributed by atoms with Crippen LogP contribution in [0.25, 0.3) is 0 Å². The number of nitrogens with two attached hydrogens (primary N) is 1. The van der Waals surface area contributed by atoms with E-state index in [9.17, 15) is 4.79 Å². The van der Waals surface area contributed by atoms with Crippen LogP contribution >= 0.6 is 11.6 Å². The van der Waals surface area contributed by atoms with E-state index < -0.39 is 0 Å². The van der Waals surface area contributed by atoms with E-state index in [1.807, 2.05) is 36.1 Å². The SMILES string of the molecule is CCN(Cc1cccc(Cl)c1)C(=O)CCCCN. The molecule has 4 heteroatoms. The standard InChI is InChI=1S/C14H21ClN2O/c1-2-17(14(18)8-3-4-9-16)11-12-6-5-7-13(15)10-12/h5-7,10H,2-4,8-9,11,16H2,1H3. The molecule has 0 fully saturated rings. The van der Waals surface area contributed by atoms with Gasteiger partial charge in [0.25, 0.3) is 0 Å². The number of halogens is 1. The molecule has 0 radical (unpaired) electrons. The van der Waals surface area contributed by atoms with Gasteiger partial charge in [0.1, 0.15) is 0 Å². The summed E-state index contributed by atoms with van der Waals surface area (Å²) >= 11 is 5.94. The van der Waals surface area contributed by atoms with Crippen molar-refractivity contribution in [3.05, 3.63) is 34.9 Å². The lowest BCUT2D eigenvalue weighted by molar-refractivity contribution is -0.131. The van der Waals surface area contributed by atoms with Crippen LogP contribution in [0.5, 0.6) is 0 Å². The van der Waals surface area contributed by atoms with Gasteiger partial charge in [0.15, 0.2) is 0 Å². The van der Waals surface area contributed by atoms with Gasteiger partial charge in [-0.2, -0.15) is 0 Å². The van der Waals surface area contributed by atoms with Gasteiger partial charge in [0.05, 0.1) is 0 Å². The Morgan fingerprint density at radius 1 is 1.39 bits per heavy atom. The highest BCUT2D eigenvalue weighted by atomic mass is 35.5. The lowest BCUT2D eigenvalue weighted by Crippen LogP contribution is -2.30. The Balaban J connectivity index is 2.53. The van der Waals surface area contributed by atoms with E-state index in [1.54, 1.807) is 0 Å². The van der Waals surface area contributed by atoms with Gasteiger partial charge in [-0.3, -0.25) is 4.79 Å². The summed E-state index contributed by atoms with van der Waals surface area (Å²) in [7, 11) is 0. The maximum atomic E-state index is 12.0. The Morgan fingerprint density at radius 2 is 2.17 bits per heavy atom. The van der Waals surface area contributed by atoms with Crippen LogP contribution in [0.2, 0.25) is 5.02 Å². The van der Waals surface area contributed by atoms with E-state index in [2.05, 4.69) is 0 Å². The fourth-order valence-corrected chi connectivity index (χ4v) is 2.02. The Hall–Kier alpha value is -1.06. The zero-order valence-electron chi connectivity index (χ0n) is 10.9. The summed E-state index contributed by atoms with van der Waals surface area (Å²) in [4.78, 5) is 13.8. The summed E-state index contributed by atoms with van der Waals surface area (Å²) in [6.07, 6.45) is 2.34. The molecule has 0 aliphatic carbocycles. The minimum atomic E-state index is 0.186. The highest BCUT2D eigenvalue weighted by molar-refractivity contribution is 6.30. The number of rotatable bonds is 7. The molecule has 0 atom stereocenters. The summed E-state index contributed by atoms with van der Waals surface area (Å²) in [5.74, 6) is 0.186. The Labute approximate surface area is 114 Å². The van der Waals surface area contributed by atoms with Crippen LogP contribution in [-0.2, 0) is 11.3 Å². The van der Waals surface area contributed by atoms with E-state index in [0.29, 0.717) is 31.1 Å². The van der Waals surface area contributed by atoms with Crippen molar-refractivity contribution in [2.75, 3.05) is 13.1 Å². The summed E-state index contributed by atoms with van der Waals surface area (Å²) in [6.45, 7) is 3.98. The van der Waals surface area contributed by atoms with Crippen molar-refractivity contribution in [3.63, 3.8) is 0 Å². The van der Waals surface area contributed by atoms with Crippen LogP contribution < -0.4 is 5.73 Å². The Kier molecular flexibility index (Phi) is 6.76. The third-order valence-corrected chi connectivity index (χ3v) is 3.08. The van der Waals surface area contributed by atoms with Crippen molar-refractivity contribution in [1.29, 1.82) is 0 Å². The van der Waals surface area contributed by atoms with Crippen molar-refractivity contribution in [1.82, 2.24) is 4.90 Å². The molecule has 0 unspecified atom stereocenters. The normalized spacial score (nSPS) is 10.4. The number of unbranched alkanes of at least 4 members (excludes halogenated alkanes) is 1. The number of carbonyl (C=O) groups is 1. The van der Waals surface area contributed by atoms with Gasteiger partial charge in [-0.05, 0) is 44.0 Å². The molecule has 2 N–H and O–H groups in total. The topological polar surface area (TPSA) is 46.3 Å². The van der Waals surface area contributed by atoms with Crippen LogP contribution in [0.1, 0.15) is 31.7 Å². The number of benzene rings is 1. The molecule has 3 nitrogen and oxygen atoms in total. The number of nitrogens with zero attached hydrogens (tertiary/aromatic N) is 1. The van der Waals surface area contributed by atoms with Crippen LogP contribution in [0.15, 0.2) is 24.3 Å². The Morgan fingerprint density at radius 3 is 2.78 bits per heavy atom. The molecule has 0 saturated heterocycles. The first-order valence-electron chi connectivity index (χ1n) is 6.39. The van der Waals surface area contributed by atoms with E-state index in [4.69, 9.17) is 17.3 Å². The molecular weight excluding hydrogens is 248 g/mol. The zero-order valence-corrected chi connectivity index (χ0v) is 11.6. The van der Waals surface area contributed by atoms with Gasteiger partial charge < -0.3 is 10.6 Å². The van der Waals surface area contributed by atoms with E-state index >= 15 is 0 Å². The second kappa shape index (κ2) is 8.11. The van der Waals surface area contributed by atoms with Crippen LogP contribution in [-0.4, -0.2) is 23.9 Å². The highest BCUT2D eigenvalue weighted by Crippen LogP contribution is 2.13. The van der Waals surface area contributed by atoms with Gasteiger partial charge in [-0.1, -0.05) is 23.7 Å². The highest BCUT2D eigenvalue weighted by Gasteiger charge is 2.11. The van der Waals surface area contributed by atoms with E-state index in [1.165, 1.54) is 0 Å². The summed E-state index contributed by atoms with van der Waals surface area (Å²) < 4.78 is 0. The third-order valence-electron chi connectivity index (χ3n) is 2.84. The van der Waals surface area contributed by atoms with Crippen molar-refractivity contribution < 1.29 is 4.79 Å². The summed E-state index contributed by atoms with van der Waals surface area (Å²) in [6, 6.07) is 7.63. The van der Waals surface area contributed by atoms with Crippen LogP contribution in [0.3, 0.4) is 0 Å². The number of hydrogen-bond donors (Lipinski definition) is 1. The lowest BCUT2D eigenvalue weighted by Gasteiger charge is -2.21. The predicted molar refractivity (Wildman–Crippen MR) is 75.4 cm³/mol. The molecule has 0 saturated carbocycles. The summed E-state index contributed by atoms with van der Waals surface area (Å²) in [5.41, 5.74) is 6.49. The van der Waals surface area contributed by atoms with Gasteiger partial charge in [-0.25, -0.2) is 0 Å². The fraction of sp³-hybridized carbons (Fsp3) is 0.500. The quantitative estimate of drug-likeness (QED) is 0.773. The van der Waals surface area contributed by atoms with Gasteiger partial charge in [-0.15, -0.1) is 0 Å². The second-order valence-corrected chi connectivity index (χ2v) is 4.72. The van der Waals surface area contributed by atoms with Crippen molar-refractivity contribution in [3.8, 4) is 0 Å². The number of amides is 1. The van der Waals surface area contributed by atoms with E-state index in [0.717, 1.165) is 18.4 Å². The average molecular weight is 269 g/mol. The van der Waals surface area contributed by atoms with Crippen molar-refractivity contribution >= 4 is 17.5 Å². The lowest BCUT2D eigenvalue weighted by atomic mass is 10.2. The summed E-state index contributed by atoms with van der Waals surface area (Å²) in [5, 5.41) is 0.708. The maximum absolute atomic E-state index is 12.0. The van der Waals surface area contributed by atoms with Crippen molar-refractivity contribution in [2.24, 2.45) is 5.73 Å². The molecule has 1 rings (SSSR count). The van der Waals surface area contributed by atoms with Crippen molar-refractivity contribution in [2.45, 2.75) is 32.7 Å². The first kappa shape index (κ1) is 15.0. The number of carbonyl (C=O) groups excluding carboxylic acids is 1. The molecule has 0 spiro atoms. The fourth-order valence-electron chi connectivity index (χ4n) is 1.81. The first-order valence-corrected chi connectivity index (χ1v) is 6.77. The third kappa shape index (κ3) is 5.07. The molecule has 1 amide bonds. The van der Waals surface area contributed by atoms with Gasteiger partial charge >= 0.3 is 0 Å².